The number of rotatable bonds is 3. The van der Waals surface area contributed by atoms with Crippen LogP contribution in [0, 0.1) is 12.3 Å². The van der Waals surface area contributed by atoms with Crippen molar-refractivity contribution in [3.63, 3.8) is 0 Å². The summed E-state index contributed by atoms with van der Waals surface area (Å²) >= 11 is 2.07. The molecule has 0 radical (unpaired) electrons. The van der Waals surface area contributed by atoms with Gasteiger partial charge in [-0.2, -0.15) is 16.9 Å². The summed E-state index contributed by atoms with van der Waals surface area (Å²) in [5.74, 6) is 2.53. The van der Waals surface area contributed by atoms with Gasteiger partial charge in [-0.1, -0.05) is 13.8 Å². The van der Waals surface area contributed by atoms with Crippen molar-refractivity contribution in [2.24, 2.45) is 12.5 Å². The van der Waals surface area contributed by atoms with E-state index < -0.39 is 0 Å². The van der Waals surface area contributed by atoms with Crippen molar-refractivity contribution >= 4 is 11.8 Å². The Hall–Kier alpha value is -0.480. The van der Waals surface area contributed by atoms with E-state index in [4.69, 9.17) is 0 Å². The summed E-state index contributed by atoms with van der Waals surface area (Å²) in [5, 5.41) is 8.05. The summed E-state index contributed by atoms with van der Waals surface area (Å²) in [4.78, 5) is 0. The zero-order valence-corrected chi connectivity index (χ0v) is 12.1. The third kappa shape index (κ3) is 3.49. The minimum Gasteiger partial charge on any atom is -0.309 e. The molecule has 0 amide bonds. The molecule has 1 fully saturated rings. The predicted molar refractivity (Wildman–Crippen MR) is 74.3 cm³/mol. The second-order valence-electron chi connectivity index (χ2n) is 5.87. The minimum atomic E-state index is 0.477. The fourth-order valence-corrected chi connectivity index (χ4v) is 3.78. The Morgan fingerprint density at radius 1 is 1.59 bits per heavy atom. The van der Waals surface area contributed by atoms with Gasteiger partial charge in [0.15, 0.2) is 0 Å². The smallest absolute Gasteiger partial charge is 0.0638 e. The lowest BCUT2D eigenvalue weighted by atomic mass is 9.88. The molecule has 17 heavy (non-hydrogen) atoms. The maximum absolute atomic E-state index is 4.37. The van der Waals surface area contributed by atoms with Gasteiger partial charge in [-0.05, 0) is 24.5 Å². The van der Waals surface area contributed by atoms with Crippen molar-refractivity contribution < 1.29 is 0 Å². The molecule has 0 aliphatic carbocycles. The molecule has 1 N–H and O–H groups in total. The van der Waals surface area contributed by atoms with Crippen molar-refractivity contribution in [1.29, 1.82) is 0 Å². The van der Waals surface area contributed by atoms with Gasteiger partial charge in [-0.3, -0.25) is 4.68 Å². The predicted octanol–water partition coefficient (Wildman–Crippen LogP) is 2.35. The van der Waals surface area contributed by atoms with E-state index in [0.717, 1.165) is 12.2 Å². The molecule has 1 aromatic rings. The SMILES string of the molecule is Cc1nn(C)cc1CNC1CSCC(C)(C)C1. The fourth-order valence-electron chi connectivity index (χ4n) is 2.47. The molecule has 3 nitrogen and oxygen atoms in total. The summed E-state index contributed by atoms with van der Waals surface area (Å²) in [7, 11) is 1.98. The molecule has 96 valence electrons. The lowest BCUT2D eigenvalue weighted by molar-refractivity contribution is 0.317. The number of hydrogen-bond acceptors (Lipinski definition) is 3. The zero-order chi connectivity index (χ0) is 12.5. The Morgan fingerprint density at radius 2 is 2.35 bits per heavy atom. The van der Waals surface area contributed by atoms with Crippen molar-refractivity contribution in [3.8, 4) is 0 Å². The molecule has 0 bridgehead atoms. The molecule has 1 aliphatic rings. The van der Waals surface area contributed by atoms with Crippen LogP contribution in [0.15, 0.2) is 6.20 Å². The number of aromatic nitrogens is 2. The molecule has 2 rings (SSSR count). The number of hydrogen-bond donors (Lipinski definition) is 1. The van der Waals surface area contributed by atoms with Gasteiger partial charge < -0.3 is 5.32 Å². The fraction of sp³-hybridized carbons (Fsp3) is 0.769. The summed E-state index contributed by atoms with van der Waals surface area (Å²) < 4.78 is 1.89. The Labute approximate surface area is 108 Å². The van der Waals surface area contributed by atoms with Crippen LogP contribution in [0.25, 0.3) is 0 Å². The molecule has 1 aromatic heterocycles. The lowest BCUT2D eigenvalue weighted by Crippen LogP contribution is -2.40. The standard InChI is InChI=1S/C13H23N3S/c1-10-11(7-16(4)15-10)6-14-12-5-13(2,3)9-17-8-12/h7,12,14H,5-6,8-9H2,1-4H3. The van der Waals surface area contributed by atoms with E-state index in [1.165, 1.54) is 23.5 Å². The van der Waals surface area contributed by atoms with E-state index in [2.05, 4.69) is 49.1 Å². The number of nitrogens with zero attached hydrogens (tertiary/aromatic N) is 2. The highest BCUT2D eigenvalue weighted by Crippen LogP contribution is 2.33. The van der Waals surface area contributed by atoms with Crippen LogP contribution in [0.3, 0.4) is 0 Å². The molecule has 1 unspecified atom stereocenters. The maximum Gasteiger partial charge on any atom is 0.0638 e. The molecule has 1 saturated heterocycles. The second-order valence-corrected chi connectivity index (χ2v) is 6.90. The van der Waals surface area contributed by atoms with Gasteiger partial charge in [0, 0.05) is 37.1 Å². The van der Waals surface area contributed by atoms with Gasteiger partial charge in [-0.15, -0.1) is 0 Å². The molecule has 4 heteroatoms. The second kappa shape index (κ2) is 5.02. The highest BCUT2D eigenvalue weighted by molar-refractivity contribution is 7.99. The quantitative estimate of drug-likeness (QED) is 0.897. The molecular weight excluding hydrogens is 230 g/mol. The average Bonchev–Trinajstić information content (AvgIpc) is 2.53. The van der Waals surface area contributed by atoms with E-state index in [1.807, 2.05) is 11.7 Å². The van der Waals surface area contributed by atoms with Crippen LogP contribution in [0.2, 0.25) is 0 Å². The molecular formula is C13H23N3S. The first-order valence-electron chi connectivity index (χ1n) is 6.26. The van der Waals surface area contributed by atoms with E-state index >= 15 is 0 Å². The first-order valence-corrected chi connectivity index (χ1v) is 7.42. The van der Waals surface area contributed by atoms with Gasteiger partial charge in [0.2, 0.25) is 0 Å². The Kier molecular flexibility index (Phi) is 3.83. The van der Waals surface area contributed by atoms with Crippen LogP contribution >= 0.6 is 11.8 Å². The summed E-state index contributed by atoms with van der Waals surface area (Å²) in [6.45, 7) is 7.75. The van der Waals surface area contributed by atoms with Crippen molar-refractivity contribution in [3.05, 3.63) is 17.5 Å². The molecule has 0 saturated carbocycles. The highest BCUT2D eigenvalue weighted by Gasteiger charge is 2.28. The largest absolute Gasteiger partial charge is 0.309 e. The van der Waals surface area contributed by atoms with Crippen LogP contribution in [0.5, 0.6) is 0 Å². The van der Waals surface area contributed by atoms with Gasteiger partial charge in [-0.25, -0.2) is 0 Å². The van der Waals surface area contributed by atoms with Crippen LogP contribution < -0.4 is 5.32 Å². The molecule has 2 heterocycles. The molecule has 1 atom stereocenters. The summed E-state index contributed by atoms with van der Waals surface area (Å²) in [5.41, 5.74) is 2.94. The van der Waals surface area contributed by atoms with Crippen LogP contribution in [-0.4, -0.2) is 27.3 Å². The first kappa shape index (κ1) is 13.0. The van der Waals surface area contributed by atoms with Crippen molar-refractivity contribution in [2.45, 2.75) is 39.8 Å². The average molecular weight is 253 g/mol. The highest BCUT2D eigenvalue weighted by atomic mass is 32.2. The Bertz CT molecular complexity index is 384. The Morgan fingerprint density at radius 3 is 2.94 bits per heavy atom. The minimum absolute atomic E-state index is 0.477. The van der Waals surface area contributed by atoms with E-state index in [0.29, 0.717) is 11.5 Å². The molecule has 0 spiro atoms. The van der Waals surface area contributed by atoms with Crippen molar-refractivity contribution in [2.75, 3.05) is 11.5 Å². The van der Waals surface area contributed by atoms with Gasteiger partial charge in [0.25, 0.3) is 0 Å². The van der Waals surface area contributed by atoms with E-state index in [-0.39, 0.29) is 0 Å². The van der Waals surface area contributed by atoms with Crippen LogP contribution in [0.1, 0.15) is 31.5 Å². The molecule has 0 aromatic carbocycles. The van der Waals surface area contributed by atoms with Crippen LogP contribution in [0.4, 0.5) is 0 Å². The number of aryl methyl sites for hydroxylation is 2. The zero-order valence-electron chi connectivity index (χ0n) is 11.3. The molecule has 1 aliphatic heterocycles. The topological polar surface area (TPSA) is 29.9 Å². The van der Waals surface area contributed by atoms with Crippen LogP contribution in [-0.2, 0) is 13.6 Å². The first-order chi connectivity index (χ1) is 7.96. The third-order valence-electron chi connectivity index (χ3n) is 3.31. The lowest BCUT2D eigenvalue weighted by Gasteiger charge is -2.35. The van der Waals surface area contributed by atoms with Gasteiger partial charge in [0.1, 0.15) is 0 Å². The van der Waals surface area contributed by atoms with Gasteiger partial charge in [0.05, 0.1) is 5.69 Å². The third-order valence-corrected chi connectivity index (χ3v) is 4.93. The Balaban J connectivity index is 1.88. The maximum atomic E-state index is 4.37. The summed E-state index contributed by atoms with van der Waals surface area (Å²) in [6, 6.07) is 0.642. The number of thioether (sulfide) groups is 1. The normalized spacial score (nSPS) is 23.9. The van der Waals surface area contributed by atoms with E-state index in [1.54, 1.807) is 0 Å². The monoisotopic (exact) mass is 253 g/mol. The van der Waals surface area contributed by atoms with Crippen molar-refractivity contribution in [1.82, 2.24) is 15.1 Å². The van der Waals surface area contributed by atoms with Gasteiger partial charge >= 0.3 is 0 Å². The summed E-state index contributed by atoms with van der Waals surface area (Å²) in [6.07, 6.45) is 3.39. The van der Waals surface area contributed by atoms with E-state index in [9.17, 15) is 0 Å². The number of nitrogens with one attached hydrogen (secondary N) is 1.